The Balaban J connectivity index is 1.40. The third-order valence-electron chi connectivity index (χ3n) is 4.45. The highest BCUT2D eigenvalue weighted by molar-refractivity contribution is 5.18. The molecule has 7 heteroatoms. The summed E-state index contributed by atoms with van der Waals surface area (Å²) in [5.74, 6) is 3.85. The molecular formula is C18H22N6O. The van der Waals surface area contributed by atoms with Crippen molar-refractivity contribution in [2.45, 2.75) is 45.8 Å². The van der Waals surface area contributed by atoms with Crippen molar-refractivity contribution in [2.75, 3.05) is 6.54 Å². The van der Waals surface area contributed by atoms with Crippen molar-refractivity contribution in [2.24, 2.45) is 0 Å². The highest BCUT2D eigenvalue weighted by Gasteiger charge is 2.23. The lowest BCUT2D eigenvalue weighted by atomic mass is 10.1. The Bertz CT molecular complexity index is 838. The fourth-order valence-electron chi connectivity index (χ4n) is 3.19. The van der Waals surface area contributed by atoms with Crippen LogP contribution in [-0.4, -0.2) is 36.3 Å². The summed E-state index contributed by atoms with van der Waals surface area (Å²) in [6.45, 7) is 7.54. The molecule has 1 aliphatic heterocycles. The summed E-state index contributed by atoms with van der Waals surface area (Å²) in [7, 11) is 0. The number of aromatic nitrogens is 5. The molecule has 1 aromatic carbocycles. The first-order chi connectivity index (χ1) is 12.2. The Kier molecular flexibility index (Phi) is 4.31. The van der Waals surface area contributed by atoms with Crippen LogP contribution in [0.25, 0.3) is 0 Å². The van der Waals surface area contributed by atoms with Crippen LogP contribution in [0.2, 0.25) is 0 Å². The van der Waals surface area contributed by atoms with Gasteiger partial charge in [0.1, 0.15) is 11.6 Å². The number of hydrogen-bond donors (Lipinski definition) is 0. The van der Waals surface area contributed by atoms with Gasteiger partial charge in [0.2, 0.25) is 5.89 Å². The van der Waals surface area contributed by atoms with Gasteiger partial charge >= 0.3 is 0 Å². The minimum absolute atomic E-state index is 0.393. The van der Waals surface area contributed by atoms with E-state index >= 15 is 0 Å². The van der Waals surface area contributed by atoms with Gasteiger partial charge in [0.05, 0.1) is 13.1 Å². The molecule has 0 bridgehead atoms. The molecule has 3 heterocycles. The van der Waals surface area contributed by atoms with Crippen molar-refractivity contribution in [1.82, 2.24) is 29.8 Å². The van der Waals surface area contributed by atoms with Gasteiger partial charge in [0.25, 0.3) is 0 Å². The van der Waals surface area contributed by atoms with Crippen LogP contribution in [-0.2, 0) is 26.1 Å². The average molecular weight is 338 g/mol. The summed E-state index contributed by atoms with van der Waals surface area (Å²) in [4.78, 5) is 6.80. The Hall–Kier alpha value is -2.54. The van der Waals surface area contributed by atoms with Crippen molar-refractivity contribution in [1.29, 1.82) is 0 Å². The molecule has 0 N–H and O–H groups in total. The molecule has 3 aromatic rings. The van der Waals surface area contributed by atoms with Crippen LogP contribution >= 0.6 is 0 Å². The minimum atomic E-state index is 0.393. The summed E-state index contributed by atoms with van der Waals surface area (Å²) < 4.78 is 7.66. The largest absolute Gasteiger partial charge is 0.338 e. The van der Waals surface area contributed by atoms with Gasteiger partial charge in [-0.3, -0.25) is 4.90 Å². The van der Waals surface area contributed by atoms with Crippen LogP contribution in [0.3, 0.4) is 0 Å². The lowest BCUT2D eigenvalue weighted by Crippen LogP contribution is -2.34. The summed E-state index contributed by atoms with van der Waals surface area (Å²) in [5, 5.41) is 12.8. The molecular weight excluding hydrogens is 316 g/mol. The molecule has 0 saturated carbocycles. The van der Waals surface area contributed by atoms with Gasteiger partial charge in [0.15, 0.2) is 5.82 Å². The van der Waals surface area contributed by atoms with E-state index in [1.807, 2.05) is 18.2 Å². The molecule has 0 amide bonds. The van der Waals surface area contributed by atoms with Gasteiger partial charge in [-0.25, -0.2) is 0 Å². The predicted octanol–water partition coefficient (Wildman–Crippen LogP) is 2.39. The van der Waals surface area contributed by atoms with Crippen molar-refractivity contribution in [3.05, 3.63) is 59.3 Å². The van der Waals surface area contributed by atoms with E-state index in [-0.39, 0.29) is 0 Å². The maximum atomic E-state index is 5.43. The van der Waals surface area contributed by atoms with Crippen LogP contribution in [0.15, 0.2) is 34.9 Å². The second-order valence-electron chi connectivity index (χ2n) is 6.76. The quantitative estimate of drug-likeness (QED) is 0.711. The third kappa shape index (κ3) is 3.46. The van der Waals surface area contributed by atoms with Gasteiger partial charge < -0.3 is 9.09 Å². The lowest BCUT2D eigenvalue weighted by Gasteiger charge is -2.26. The van der Waals surface area contributed by atoms with Gasteiger partial charge in [0, 0.05) is 25.4 Å². The standard InChI is InChI=1S/C18H22N6O/c1-13(2)18-21-20-16-11-23(8-9-24(16)18)12-17-19-15(22-25-17)10-14-6-4-3-5-7-14/h3-7,13H,8-12H2,1-2H3. The maximum Gasteiger partial charge on any atom is 0.240 e. The molecule has 0 spiro atoms. The zero-order valence-corrected chi connectivity index (χ0v) is 14.6. The lowest BCUT2D eigenvalue weighted by molar-refractivity contribution is 0.181. The number of fused-ring (bicyclic) bond motifs is 1. The van der Waals surface area contributed by atoms with Crippen molar-refractivity contribution in [3.63, 3.8) is 0 Å². The van der Waals surface area contributed by atoms with Crippen LogP contribution < -0.4 is 0 Å². The van der Waals surface area contributed by atoms with E-state index in [0.717, 1.165) is 37.1 Å². The molecule has 0 radical (unpaired) electrons. The predicted molar refractivity (Wildman–Crippen MR) is 91.8 cm³/mol. The number of nitrogens with zero attached hydrogens (tertiary/aromatic N) is 6. The van der Waals surface area contributed by atoms with E-state index in [1.54, 1.807) is 0 Å². The van der Waals surface area contributed by atoms with Crippen LogP contribution in [0.5, 0.6) is 0 Å². The molecule has 7 nitrogen and oxygen atoms in total. The second kappa shape index (κ2) is 6.76. The first kappa shape index (κ1) is 16.0. The Morgan fingerprint density at radius 1 is 1.12 bits per heavy atom. The number of benzene rings is 1. The summed E-state index contributed by atoms with van der Waals surface area (Å²) in [5.41, 5.74) is 1.18. The van der Waals surface area contributed by atoms with E-state index in [1.165, 1.54) is 5.56 Å². The zero-order valence-electron chi connectivity index (χ0n) is 14.6. The molecule has 4 rings (SSSR count). The first-order valence-corrected chi connectivity index (χ1v) is 8.69. The molecule has 0 unspecified atom stereocenters. The SMILES string of the molecule is CC(C)c1nnc2n1CCN(Cc1nc(Cc3ccccc3)no1)C2. The first-order valence-electron chi connectivity index (χ1n) is 8.69. The zero-order chi connectivity index (χ0) is 17.2. The molecule has 130 valence electrons. The smallest absolute Gasteiger partial charge is 0.240 e. The topological polar surface area (TPSA) is 72.9 Å². The fourth-order valence-corrected chi connectivity index (χ4v) is 3.19. The average Bonchev–Trinajstić information content (AvgIpc) is 3.22. The molecule has 0 fully saturated rings. The second-order valence-corrected chi connectivity index (χ2v) is 6.76. The highest BCUT2D eigenvalue weighted by Crippen LogP contribution is 2.19. The molecule has 2 aromatic heterocycles. The van der Waals surface area contributed by atoms with Crippen molar-refractivity contribution < 1.29 is 4.52 Å². The van der Waals surface area contributed by atoms with Crippen LogP contribution in [0.4, 0.5) is 0 Å². The maximum absolute atomic E-state index is 5.43. The number of rotatable bonds is 5. The van der Waals surface area contributed by atoms with E-state index in [4.69, 9.17) is 4.52 Å². The van der Waals surface area contributed by atoms with Crippen LogP contribution in [0, 0.1) is 0 Å². The minimum Gasteiger partial charge on any atom is -0.338 e. The van der Waals surface area contributed by atoms with E-state index in [9.17, 15) is 0 Å². The van der Waals surface area contributed by atoms with Gasteiger partial charge in [-0.1, -0.05) is 49.3 Å². The van der Waals surface area contributed by atoms with Crippen LogP contribution in [0.1, 0.15) is 48.7 Å². The van der Waals surface area contributed by atoms with Gasteiger partial charge in [-0.15, -0.1) is 10.2 Å². The summed E-state index contributed by atoms with van der Waals surface area (Å²) >= 11 is 0. The van der Waals surface area contributed by atoms with E-state index in [2.05, 4.69) is 55.8 Å². The Morgan fingerprint density at radius 3 is 2.76 bits per heavy atom. The molecule has 25 heavy (non-hydrogen) atoms. The Labute approximate surface area is 146 Å². The fraction of sp³-hybridized carbons (Fsp3) is 0.444. The van der Waals surface area contributed by atoms with Gasteiger partial charge in [-0.05, 0) is 5.56 Å². The number of hydrogen-bond acceptors (Lipinski definition) is 6. The highest BCUT2D eigenvalue weighted by atomic mass is 16.5. The van der Waals surface area contributed by atoms with E-state index < -0.39 is 0 Å². The van der Waals surface area contributed by atoms with E-state index in [0.29, 0.717) is 24.8 Å². The van der Waals surface area contributed by atoms with Crippen molar-refractivity contribution in [3.8, 4) is 0 Å². The van der Waals surface area contributed by atoms with Gasteiger partial charge in [-0.2, -0.15) is 4.98 Å². The summed E-state index contributed by atoms with van der Waals surface area (Å²) in [6.07, 6.45) is 0.691. The van der Waals surface area contributed by atoms with Crippen molar-refractivity contribution >= 4 is 0 Å². The molecule has 0 aliphatic carbocycles. The third-order valence-corrected chi connectivity index (χ3v) is 4.45. The Morgan fingerprint density at radius 2 is 1.96 bits per heavy atom. The molecule has 0 atom stereocenters. The summed E-state index contributed by atoms with van der Waals surface area (Å²) in [6, 6.07) is 10.2. The monoisotopic (exact) mass is 338 g/mol. The molecule has 0 saturated heterocycles. The normalized spacial score (nSPS) is 14.8. The molecule has 1 aliphatic rings.